The number of nitrogens with one attached hydrogen (secondary N) is 1. The molecule has 0 spiro atoms. The quantitative estimate of drug-likeness (QED) is 0.298. The second-order valence-electron chi connectivity index (χ2n) is 6.65. The van der Waals surface area contributed by atoms with Crippen LogP contribution in [-0.2, 0) is 11.2 Å². The zero-order valence-electron chi connectivity index (χ0n) is 15.4. The summed E-state index contributed by atoms with van der Waals surface area (Å²) in [6.45, 7) is 5.71. The Morgan fingerprint density at radius 3 is 2.88 bits per heavy atom. The molecule has 2 N–H and O–H groups in total. The van der Waals surface area contributed by atoms with Crippen molar-refractivity contribution in [2.24, 2.45) is 4.99 Å². The third-order valence-electron chi connectivity index (χ3n) is 4.80. The molecule has 7 heteroatoms. The number of rotatable bonds is 5. The Kier molecular flexibility index (Phi) is 8.15. The number of hydrogen-bond donors (Lipinski definition) is 2. The second kappa shape index (κ2) is 10.1. The van der Waals surface area contributed by atoms with Gasteiger partial charge >= 0.3 is 0 Å². The van der Waals surface area contributed by atoms with Crippen LogP contribution in [0.4, 0.5) is 5.69 Å². The average Bonchev–Trinajstić information content (AvgIpc) is 3.23. The molecule has 1 aromatic rings. The zero-order chi connectivity index (χ0) is 17.6. The highest BCUT2D eigenvalue weighted by molar-refractivity contribution is 14.0. The Hall–Kier alpha value is -1.35. The lowest BCUT2D eigenvalue weighted by molar-refractivity contribution is -0.118. The molecule has 6 nitrogen and oxygen atoms in total. The third kappa shape index (κ3) is 5.09. The van der Waals surface area contributed by atoms with E-state index in [0.717, 1.165) is 50.5 Å². The van der Waals surface area contributed by atoms with E-state index in [4.69, 9.17) is 0 Å². The van der Waals surface area contributed by atoms with Gasteiger partial charge in [-0.3, -0.25) is 9.79 Å². The molecule has 1 amide bonds. The fourth-order valence-electron chi connectivity index (χ4n) is 3.51. The van der Waals surface area contributed by atoms with Gasteiger partial charge in [0.05, 0.1) is 6.10 Å². The largest absolute Gasteiger partial charge is 0.391 e. The first-order valence-corrected chi connectivity index (χ1v) is 9.28. The first-order chi connectivity index (χ1) is 12.2. The van der Waals surface area contributed by atoms with Gasteiger partial charge in [0.25, 0.3) is 0 Å². The van der Waals surface area contributed by atoms with Crippen LogP contribution in [0.1, 0.15) is 31.7 Å². The van der Waals surface area contributed by atoms with Gasteiger partial charge in [-0.05, 0) is 37.8 Å². The van der Waals surface area contributed by atoms with E-state index in [9.17, 15) is 9.90 Å². The second-order valence-corrected chi connectivity index (χ2v) is 6.65. The number of benzene rings is 1. The summed E-state index contributed by atoms with van der Waals surface area (Å²) >= 11 is 0. The zero-order valence-corrected chi connectivity index (χ0v) is 17.7. The Balaban J connectivity index is 0.00000243. The van der Waals surface area contributed by atoms with E-state index >= 15 is 0 Å². The number of hydrogen-bond acceptors (Lipinski definition) is 3. The molecule has 2 aliphatic rings. The Morgan fingerprint density at radius 1 is 1.35 bits per heavy atom. The number of anilines is 1. The number of aliphatic imine (C=N–C) groups is 1. The summed E-state index contributed by atoms with van der Waals surface area (Å²) in [5.74, 6) is 1.03. The molecule has 0 aromatic heterocycles. The highest BCUT2D eigenvalue weighted by Crippen LogP contribution is 2.28. The molecule has 0 unspecified atom stereocenters. The molecule has 1 atom stereocenters. The number of aliphatic hydroxyl groups is 1. The van der Waals surface area contributed by atoms with Crippen molar-refractivity contribution in [1.29, 1.82) is 0 Å². The maximum atomic E-state index is 12.5. The van der Waals surface area contributed by atoms with Crippen molar-refractivity contribution >= 4 is 41.5 Å². The molecule has 0 bridgehead atoms. The smallest absolute Gasteiger partial charge is 0.227 e. The summed E-state index contributed by atoms with van der Waals surface area (Å²) in [5.41, 5.74) is 2.33. The third-order valence-corrected chi connectivity index (χ3v) is 4.80. The number of β-amino-alcohol motifs (C(OH)–C–C–N with tert-alkyl or cyclic N) is 1. The van der Waals surface area contributed by atoms with E-state index in [1.165, 1.54) is 5.56 Å². The van der Waals surface area contributed by atoms with Crippen LogP contribution in [0.15, 0.2) is 29.3 Å². The van der Waals surface area contributed by atoms with Crippen LogP contribution in [0.25, 0.3) is 0 Å². The number of fused-ring (bicyclic) bond motifs is 1. The SMILES string of the molecule is CCNC(=NCCCC(=O)N1CCc2ccccc21)N1CC[C@@H](O)C1.I. The molecule has 144 valence electrons. The number of likely N-dealkylation sites (tertiary alicyclic amines) is 1. The van der Waals surface area contributed by atoms with Crippen LogP contribution in [-0.4, -0.2) is 60.7 Å². The number of aliphatic hydroxyl groups excluding tert-OH is 1. The Morgan fingerprint density at radius 2 is 2.15 bits per heavy atom. The molecule has 2 heterocycles. The summed E-state index contributed by atoms with van der Waals surface area (Å²) in [5, 5.41) is 13.0. The van der Waals surface area contributed by atoms with Crippen LogP contribution >= 0.6 is 24.0 Å². The van der Waals surface area contributed by atoms with Gasteiger partial charge < -0.3 is 20.2 Å². The predicted octanol–water partition coefficient (Wildman–Crippen LogP) is 2.01. The minimum Gasteiger partial charge on any atom is -0.391 e. The number of halogens is 1. The molecule has 2 aliphatic heterocycles. The number of carbonyl (C=O) groups is 1. The van der Waals surface area contributed by atoms with Crippen molar-refractivity contribution in [3.63, 3.8) is 0 Å². The van der Waals surface area contributed by atoms with Crippen molar-refractivity contribution in [1.82, 2.24) is 10.2 Å². The maximum Gasteiger partial charge on any atom is 0.227 e. The van der Waals surface area contributed by atoms with Gasteiger partial charge in [0.1, 0.15) is 0 Å². The first-order valence-electron chi connectivity index (χ1n) is 9.28. The number of carbonyl (C=O) groups excluding carboxylic acids is 1. The number of nitrogens with zero attached hydrogens (tertiary/aromatic N) is 3. The Bertz CT molecular complexity index is 638. The molecule has 0 saturated carbocycles. The molecule has 1 aromatic carbocycles. The van der Waals surface area contributed by atoms with Crippen molar-refractivity contribution in [3.8, 4) is 0 Å². The molecule has 1 saturated heterocycles. The van der Waals surface area contributed by atoms with E-state index in [2.05, 4.69) is 21.3 Å². The lowest BCUT2D eigenvalue weighted by atomic mass is 10.2. The van der Waals surface area contributed by atoms with Crippen LogP contribution in [0.5, 0.6) is 0 Å². The summed E-state index contributed by atoms with van der Waals surface area (Å²) in [4.78, 5) is 21.1. The number of amides is 1. The summed E-state index contributed by atoms with van der Waals surface area (Å²) < 4.78 is 0. The van der Waals surface area contributed by atoms with Gasteiger partial charge in [0.2, 0.25) is 5.91 Å². The van der Waals surface area contributed by atoms with Gasteiger partial charge in [0, 0.05) is 44.8 Å². The minimum absolute atomic E-state index is 0. The molecule has 1 fully saturated rings. The number of para-hydroxylation sites is 1. The molecule has 3 rings (SSSR count). The normalized spacial score (nSPS) is 19.3. The fourth-order valence-corrected chi connectivity index (χ4v) is 3.51. The Labute approximate surface area is 172 Å². The summed E-state index contributed by atoms with van der Waals surface area (Å²) in [6, 6.07) is 8.14. The van der Waals surface area contributed by atoms with E-state index in [-0.39, 0.29) is 36.0 Å². The van der Waals surface area contributed by atoms with Crippen LogP contribution in [0.3, 0.4) is 0 Å². The van der Waals surface area contributed by atoms with E-state index < -0.39 is 0 Å². The fraction of sp³-hybridized carbons (Fsp3) is 0.579. The van der Waals surface area contributed by atoms with Crippen molar-refractivity contribution in [2.75, 3.05) is 37.6 Å². The topological polar surface area (TPSA) is 68.2 Å². The summed E-state index contributed by atoms with van der Waals surface area (Å²) in [6.07, 6.45) is 2.72. The maximum absolute atomic E-state index is 12.5. The van der Waals surface area contributed by atoms with E-state index in [1.807, 2.05) is 30.0 Å². The lowest BCUT2D eigenvalue weighted by Crippen LogP contribution is -2.40. The first kappa shape index (κ1) is 21.0. The minimum atomic E-state index is -0.263. The van der Waals surface area contributed by atoms with Crippen LogP contribution < -0.4 is 10.2 Å². The standard InChI is InChI=1S/C19H28N4O2.HI/c1-2-20-19(22-12-10-16(24)14-22)21-11-5-8-18(25)23-13-9-15-6-3-4-7-17(15)23;/h3-4,6-7,16,24H,2,5,8-14H2,1H3,(H,20,21);1H/t16-;/m1./s1. The molecular formula is C19H29IN4O2. The monoisotopic (exact) mass is 472 g/mol. The average molecular weight is 472 g/mol. The highest BCUT2D eigenvalue weighted by Gasteiger charge is 2.24. The highest BCUT2D eigenvalue weighted by atomic mass is 127. The van der Waals surface area contributed by atoms with Gasteiger partial charge in [-0.25, -0.2) is 0 Å². The lowest BCUT2D eigenvalue weighted by Gasteiger charge is -2.21. The van der Waals surface area contributed by atoms with Crippen molar-refractivity contribution in [2.45, 2.75) is 38.7 Å². The molecule has 0 radical (unpaired) electrons. The van der Waals surface area contributed by atoms with Gasteiger partial charge in [0.15, 0.2) is 5.96 Å². The van der Waals surface area contributed by atoms with Crippen LogP contribution in [0.2, 0.25) is 0 Å². The van der Waals surface area contributed by atoms with Gasteiger partial charge in [-0.2, -0.15) is 0 Å². The molecule has 26 heavy (non-hydrogen) atoms. The van der Waals surface area contributed by atoms with E-state index in [1.54, 1.807) is 0 Å². The van der Waals surface area contributed by atoms with Crippen molar-refractivity contribution in [3.05, 3.63) is 29.8 Å². The van der Waals surface area contributed by atoms with Gasteiger partial charge in [-0.1, -0.05) is 18.2 Å². The number of guanidine groups is 1. The molecule has 0 aliphatic carbocycles. The van der Waals surface area contributed by atoms with Crippen molar-refractivity contribution < 1.29 is 9.90 Å². The summed E-state index contributed by atoms with van der Waals surface area (Å²) in [7, 11) is 0. The van der Waals surface area contributed by atoms with Crippen LogP contribution in [0, 0.1) is 0 Å². The molecular weight excluding hydrogens is 443 g/mol. The predicted molar refractivity (Wildman–Crippen MR) is 115 cm³/mol. The van der Waals surface area contributed by atoms with E-state index in [0.29, 0.717) is 19.5 Å². The van der Waals surface area contributed by atoms with Gasteiger partial charge in [-0.15, -0.1) is 24.0 Å².